The van der Waals surface area contributed by atoms with E-state index >= 15 is 0 Å². The zero-order valence-electron chi connectivity index (χ0n) is 16.8. The van der Waals surface area contributed by atoms with Crippen LogP contribution >= 0.6 is 0 Å². The zero-order chi connectivity index (χ0) is 20.5. The highest BCUT2D eigenvalue weighted by atomic mass is 16.5. The van der Waals surface area contributed by atoms with Gasteiger partial charge in [-0.15, -0.1) is 0 Å². The van der Waals surface area contributed by atoms with Crippen molar-refractivity contribution in [2.45, 2.75) is 24.8 Å². The fraction of sp³-hybridized carbons (Fsp3) is 0.240. The summed E-state index contributed by atoms with van der Waals surface area (Å²) in [6, 6.07) is 19.8. The molecule has 1 aliphatic heterocycles. The smallest absolute Gasteiger partial charge is 0.144 e. The number of hydrogen-bond donors (Lipinski definition) is 1. The first-order chi connectivity index (χ1) is 14.7. The number of pyridine rings is 1. The SMILES string of the molecule is COc1ccc([C@@H]2CC(=O)C3C(=Nc4ccccc4N[C@H]3c3cccnc3)C2)cc1. The van der Waals surface area contributed by atoms with Crippen LogP contribution in [0.4, 0.5) is 11.4 Å². The first-order valence-corrected chi connectivity index (χ1v) is 10.2. The number of para-hydroxylation sites is 2. The number of rotatable bonds is 3. The van der Waals surface area contributed by atoms with Crippen molar-refractivity contribution in [3.8, 4) is 5.75 Å². The Kier molecular flexibility index (Phi) is 4.79. The lowest BCUT2D eigenvalue weighted by Crippen LogP contribution is -2.38. The summed E-state index contributed by atoms with van der Waals surface area (Å²) in [6.45, 7) is 0. The Hall–Kier alpha value is -3.47. The maximum atomic E-state index is 13.5. The number of fused-ring (bicyclic) bond motifs is 2. The number of aliphatic imine (C=N–C) groups is 1. The lowest BCUT2D eigenvalue weighted by atomic mass is 9.72. The van der Waals surface area contributed by atoms with Gasteiger partial charge in [0.15, 0.2) is 0 Å². The first kappa shape index (κ1) is 18.6. The Morgan fingerprint density at radius 2 is 1.80 bits per heavy atom. The Labute approximate surface area is 175 Å². The van der Waals surface area contributed by atoms with E-state index in [0.717, 1.165) is 40.4 Å². The molecule has 2 heterocycles. The number of ketones is 1. The first-order valence-electron chi connectivity index (χ1n) is 10.2. The molecule has 1 fully saturated rings. The summed E-state index contributed by atoms with van der Waals surface area (Å²) in [6.07, 6.45) is 4.86. The summed E-state index contributed by atoms with van der Waals surface area (Å²) in [5.41, 5.74) is 4.92. The normalized spacial score (nSPS) is 22.8. The van der Waals surface area contributed by atoms with E-state index in [9.17, 15) is 4.79 Å². The molecule has 0 amide bonds. The topological polar surface area (TPSA) is 63.6 Å². The largest absolute Gasteiger partial charge is 0.497 e. The number of ether oxygens (including phenoxy) is 1. The molecule has 5 nitrogen and oxygen atoms in total. The third-order valence-corrected chi connectivity index (χ3v) is 6.05. The molecule has 5 rings (SSSR count). The van der Waals surface area contributed by atoms with Gasteiger partial charge in [0.25, 0.3) is 0 Å². The van der Waals surface area contributed by atoms with E-state index in [4.69, 9.17) is 9.73 Å². The van der Waals surface area contributed by atoms with Gasteiger partial charge in [0, 0.05) is 24.5 Å². The molecule has 1 unspecified atom stereocenters. The van der Waals surface area contributed by atoms with Crippen molar-refractivity contribution in [2.24, 2.45) is 10.9 Å². The molecule has 150 valence electrons. The number of nitrogens with zero attached hydrogens (tertiary/aromatic N) is 2. The van der Waals surface area contributed by atoms with Crippen molar-refractivity contribution in [2.75, 3.05) is 12.4 Å². The van der Waals surface area contributed by atoms with Crippen LogP contribution in [0.25, 0.3) is 0 Å². The second-order valence-electron chi connectivity index (χ2n) is 7.85. The van der Waals surface area contributed by atoms with Crippen LogP contribution in [0.1, 0.15) is 35.9 Å². The molecule has 1 N–H and O–H groups in total. The van der Waals surface area contributed by atoms with Crippen LogP contribution in [0.5, 0.6) is 5.75 Å². The highest BCUT2D eigenvalue weighted by Crippen LogP contribution is 2.43. The second-order valence-corrected chi connectivity index (χ2v) is 7.85. The van der Waals surface area contributed by atoms with Crippen LogP contribution in [-0.4, -0.2) is 23.6 Å². The van der Waals surface area contributed by atoms with Crippen molar-refractivity contribution in [3.05, 3.63) is 84.2 Å². The van der Waals surface area contributed by atoms with Crippen LogP contribution in [0.3, 0.4) is 0 Å². The second kappa shape index (κ2) is 7.75. The molecule has 5 heteroatoms. The molecule has 3 aromatic rings. The number of methoxy groups -OCH3 is 1. The van der Waals surface area contributed by atoms with Crippen LogP contribution < -0.4 is 10.1 Å². The minimum atomic E-state index is -0.295. The number of Topliss-reactive ketones (excluding diaryl/α,β-unsaturated/α-hetero) is 1. The van der Waals surface area contributed by atoms with Gasteiger partial charge < -0.3 is 10.1 Å². The maximum absolute atomic E-state index is 13.5. The molecule has 30 heavy (non-hydrogen) atoms. The van der Waals surface area contributed by atoms with Gasteiger partial charge in [-0.1, -0.05) is 30.3 Å². The minimum absolute atomic E-state index is 0.123. The number of carbonyl (C=O) groups is 1. The highest BCUT2D eigenvalue weighted by molar-refractivity contribution is 6.10. The number of benzene rings is 2. The molecule has 1 aliphatic carbocycles. The van der Waals surface area contributed by atoms with Gasteiger partial charge in [0.2, 0.25) is 0 Å². The molecule has 3 atom stereocenters. The minimum Gasteiger partial charge on any atom is -0.497 e. The fourth-order valence-corrected chi connectivity index (χ4v) is 4.55. The number of aromatic nitrogens is 1. The Balaban J connectivity index is 1.56. The average Bonchev–Trinajstić information content (AvgIpc) is 2.96. The van der Waals surface area contributed by atoms with E-state index in [2.05, 4.69) is 22.4 Å². The van der Waals surface area contributed by atoms with Gasteiger partial charge in [-0.05, 0) is 53.8 Å². The van der Waals surface area contributed by atoms with E-state index in [1.54, 1.807) is 13.3 Å². The van der Waals surface area contributed by atoms with Crippen molar-refractivity contribution >= 4 is 22.9 Å². The van der Waals surface area contributed by atoms with Crippen molar-refractivity contribution < 1.29 is 9.53 Å². The standard InChI is InChI=1S/C25H23N3O2/c1-30-19-10-8-16(9-11-19)18-13-22-24(23(29)14-18)25(17-5-4-12-26-15-17)28-21-7-3-2-6-20(21)27-22/h2-12,15,18,24-25,28H,13-14H2,1H3/t18-,24?,25-/m0/s1. The van der Waals surface area contributed by atoms with Gasteiger partial charge >= 0.3 is 0 Å². The molecular weight excluding hydrogens is 374 g/mol. The molecule has 1 saturated carbocycles. The van der Waals surface area contributed by atoms with Crippen molar-refractivity contribution in [1.29, 1.82) is 0 Å². The number of hydrogen-bond acceptors (Lipinski definition) is 5. The summed E-state index contributed by atoms with van der Waals surface area (Å²) in [5.74, 6) is 0.865. The van der Waals surface area contributed by atoms with E-state index in [1.165, 1.54) is 0 Å². The Bertz CT molecular complexity index is 1090. The van der Waals surface area contributed by atoms with Crippen LogP contribution in [-0.2, 0) is 4.79 Å². The van der Waals surface area contributed by atoms with E-state index in [0.29, 0.717) is 6.42 Å². The summed E-state index contributed by atoms with van der Waals surface area (Å²) in [4.78, 5) is 22.7. The molecule has 2 aliphatic rings. The molecule has 0 bridgehead atoms. The van der Waals surface area contributed by atoms with Crippen molar-refractivity contribution in [3.63, 3.8) is 0 Å². The van der Waals surface area contributed by atoms with E-state index < -0.39 is 0 Å². The van der Waals surface area contributed by atoms with Crippen LogP contribution in [0.2, 0.25) is 0 Å². The number of nitrogens with one attached hydrogen (secondary N) is 1. The maximum Gasteiger partial charge on any atom is 0.144 e. The molecule has 0 saturated heterocycles. The van der Waals surface area contributed by atoms with E-state index in [-0.39, 0.29) is 23.7 Å². The molecular formula is C25H23N3O2. The summed E-state index contributed by atoms with van der Waals surface area (Å²) < 4.78 is 5.28. The Morgan fingerprint density at radius 1 is 0.967 bits per heavy atom. The molecule has 1 aromatic heterocycles. The lowest BCUT2D eigenvalue weighted by Gasteiger charge is -2.33. The zero-order valence-corrected chi connectivity index (χ0v) is 16.8. The lowest BCUT2D eigenvalue weighted by molar-refractivity contribution is -0.122. The predicted molar refractivity (Wildman–Crippen MR) is 118 cm³/mol. The quantitative estimate of drug-likeness (QED) is 0.668. The summed E-state index contributed by atoms with van der Waals surface area (Å²) in [5, 5.41) is 3.58. The molecule has 2 aromatic carbocycles. The van der Waals surface area contributed by atoms with Gasteiger partial charge in [0.05, 0.1) is 30.4 Å². The number of anilines is 1. The highest BCUT2D eigenvalue weighted by Gasteiger charge is 2.41. The van der Waals surface area contributed by atoms with E-state index in [1.807, 2.05) is 54.7 Å². The van der Waals surface area contributed by atoms with Crippen LogP contribution in [0, 0.1) is 5.92 Å². The summed E-state index contributed by atoms with van der Waals surface area (Å²) in [7, 11) is 1.66. The van der Waals surface area contributed by atoms with Gasteiger partial charge in [-0.25, -0.2) is 0 Å². The van der Waals surface area contributed by atoms with Gasteiger partial charge in [-0.3, -0.25) is 14.8 Å². The van der Waals surface area contributed by atoms with Crippen LogP contribution in [0.15, 0.2) is 78.0 Å². The average molecular weight is 397 g/mol. The number of carbonyl (C=O) groups excluding carboxylic acids is 1. The Morgan fingerprint density at radius 3 is 2.57 bits per heavy atom. The monoisotopic (exact) mass is 397 g/mol. The molecule has 0 radical (unpaired) electrons. The summed E-state index contributed by atoms with van der Waals surface area (Å²) >= 11 is 0. The predicted octanol–water partition coefficient (Wildman–Crippen LogP) is 5.09. The van der Waals surface area contributed by atoms with Gasteiger partial charge in [0.1, 0.15) is 11.5 Å². The third kappa shape index (κ3) is 3.36. The van der Waals surface area contributed by atoms with Gasteiger partial charge in [-0.2, -0.15) is 0 Å². The molecule has 0 spiro atoms. The third-order valence-electron chi connectivity index (χ3n) is 6.05. The fourth-order valence-electron chi connectivity index (χ4n) is 4.55. The van der Waals surface area contributed by atoms with Crippen molar-refractivity contribution in [1.82, 2.24) is 4.98 Å².